The van der Waals surface area contributed by atoms with Gasteiger partial charge in [0.05, 0.1) is 0 Å². The van der Waals surface area contributed by atoms with Gasteiger partial charge in [0.15, 0.2) is 11.5 Å². The molecule has 11 nitrogen and oxygen atoms in total. The first-order valence-corrected chi connectivity index (χ1v) is 13.8. The number of amides is 1. The van der Waals surface area contributed by atoms with Gasteiger partial charge in [0.25, 0.3) is 0 Å². The lowest BCUT2D eigenvalue weighted by atomic mass is 10.0. The minimum Gasteiger partial charge on any atom is -0.353 e. The molecular formula is C28H34N10O. The smallest absolute Gasteiger partial charge is 0.225 e. The summed E-state index contributed by atoms with van der Waals surface area (Å²) in [4.78, 5) is 28.4. The molecule has 0 saturated carbocycles. The summed E-state index contributed by atoms with van der Waals surface area (Å²) in [5.74, 6) is 2.40. The maximum atomic E-state index is 12.8. The summed E-state index contributed by atoms with van der Waals surface area (Å²) in [5, 5.41) is 16.6. The second-order valence-corrected chi connectivity index (χ2v) is 10.2. The Labute approximate surface area is 227 Å². The van der Waals surface area contributed by atoms with E-state index in [1.807, 2.05) is 24.3 Å². The number of nitrogens with zero attached hydrogens (tertiary/aromatic N) is 9. The van der Waals surface area contributed by atoms with Crippen molar-refractivity contribution < 1.29 is 4.79 Å². The molecule has 6 rings (SSSR count). The van der Waals surface area contributed by atoms with E-state index in [0.29, 0.717) is 24.3 Å². The van der Waals surface area contributed by atoms with E-state index in [0.717, 1.165) is 70.4 Å². The number of anilines is 2. The minimum atomic E-state index is 0.0590. The van der Waals surface area contributed by atoms with Gasteiger partial charge >= 0.3 is 0 Å². The van der Waals surface area contributed by atoms with E-state index in [1.165, 1.54) is 5.56 Å². The highest BCUT2D eigenvalue weighted by Crippen LogP contribution is 2.18. The first kappa shape index (κ1) is 25.2. The lowest BCUT2D eigenvalue weighted by molar-refractivity contribution is -0.122. The van der Waals surface area contributed by atoms with Crippen LogP contribution >= 0.6 is 0 Å². The van der Waals surface area contributed by atoms with Crippen LogP contribution in [0.5, 0.6) is 0 Å². The third-order valence-corrected chi connectivity index (χ3v) is 7.53. The Bertz CT molecular complexity index is 1360. The largest absolute Gasteiger partial charge is 0.353 e. The number of aryl methyl sites for hydroxylation is 1. The van der Waals surface area contributed by atoms with Crippen molar-refractivity contribution in [2.24, 2.45) is 0 Å². The van der Waals surface area contributed by atoms with Crippen LogP contribution in [0.3, 0.4) is 0 Å². The van der Waals surface area contributed by atoms with Gasteiger partial charge in [-0.15, -0.1) is 15.3 Å². The van der Waals surface area contributed by atoms with Gasteiger partial charge in [-0.1, -0.05) is 30.3 Å². The number of fused-ring (bicyclic) bond motifs is 1. The van der Waals surface area contributed by atoms with E-state index in [2.05, 4.69) is 64.4 Å². The molecule has 202 valence electrons. The molecule has 3 aromatic heterocycles. The second-order valence-electron chi connectivity index (χ2n) is 10.2. The molecule has 39 heavy (non-hydrogen) atoms. The van der Waals surface area contributed by atoms with Crippen molar-refractivity contribution in [2.45, 2.75) is 38.3 Å². The summed E-state index contributed by atoms with van der Waals surface area (Å²) >= 11 is 0. The lowest BCUT2D eigenvalue weighted by Gasteiger charge is -2.35. The number of hydrogen-bond acceptors (Lipinski definition) is 9. The first-order valence-electron chi connectivity index (χ1n) is 13.8. The van der Waals surface area contributed by atoms with E-state index >= 15 is 0 Å². The molecule has 11 heteroatoms. The topological polar surface area (TPSA) is 108 Å². The number of likely N-dealkylation sites (tertiary alicyclic amines) is 1. The quantitative estimate of drug-likeness (QED) is 0.369. The molecule has 2 aliphatic rings. The number of piperidine rings is 1. The van der Waals surface area contributed by atoms with Crippen molar-refractivity contribution in [3.8, 4) is 0 Å². The van der Waals surface area contributed by atoms with Gasteiger partial charge in [0.2, 0.25) is 11.9 Å². The number of benzene rings is 1. The summed E-state index contributed by atoms with van der Waals surface area (Å²) in [6.45, 7) is 6.24. The molecule has 1 amide bonds. The Balaban J connectivity index is 0.992. The van der Waals surface area contributed by atoms with E-state index < -0.39 is 0 Å². The monoisotopic (exact) mass is 526 g/mol. The molecule has 4 aromatic rings. The summed E-state index contributed by atoms with van der Waals surface area (Å²) in [6, 6.07) is 16.5. The van der Waals surface area contributed by atoms with Crippen LogP contribution in [-0.4, -0.2) is 85.9 Å². The van der Waals surface area contributed by atoms with Crippen LogP contribution in [0.2, 0.25) is 0 Å². The van der Waals surface area contributed by atoms with Gasteiger partial charge < -0.3 is 15.1 Å². The Morgan fingerprint density at radius 2 is 1.59 bits per heavy atom. The average molecular weight is 527 g/mol. The van der Waals surface area contributed by atoms with E-state index in [9.17, 15) is 4.79 Å². The molecule has 0 spiro atoms. The molecule has 0 atom stereocenters. The van der Waals surface area contributed by atoms with Crippen LogP contribution in [0, 0.1) is 0 Å². The maximum Gasteiger partial charge on any atom is 0.225 e. The fraction of sp³-hybridized carbons (Fsp3) is 0.429. The number of rotatable bonds is 8. The van der Waals surface area contributed by atoms with Crippen LogP contribution in [0.4, 0.5) is 11.8 Å². The molecule has 2 saturated heterocycles. The lowest BCUT2D eigenvalue weighted by Crippen LogP contribution is -2.47. The Hall–Kier alpha value is -4.12. The molecule has 1 aromatic carbocycles. The number of carbonyl (C=O) groups is 1. The van der Waals surface area contributed by atoms with Crippen LogP contribution in [-0.2, 0) is 17.8 Å². The predicted molar refractivity (Wildman–Crippen MR) is 148 cm³/mol. The number of piperazine rings is 1. The molecular weight excluding hydrogens is 492 g/mol. The van der Waals surface area contributed by atoms with Crippen molar-refractivity contribution in [1.82, 2.24) is 40.0 Å². The minimum absolute atomic E-state index is 0.0590. The van der Waals surface area contributed by atoms with Gasteiger partial charge in [0.1, 0.15) is 5.82 Å². The fourth-order valence-electron chi connectivity index (χ4n) is 5.34. The number of nitrogens with one attached hydrogen (secondary N) is 1. The Morgan fingerprint density at radius 1 is 0.846 bits per heavy atom. The molecule has 1 N–H and O–H groups in total. The van der Waals surface area contributed by atoms with Crippen LogP contribution in [0.1, 0.15) is 30.7 Å². The highest BCUT2D eigenvalue weighted by molar-refractivity contribution is 5.76. The fourth-order valence-corrected chi connectivity index (χ4v) is 5.34. The number of carbonyl (C=O) groups excluding carboxylic acids is 1. The van der Waals surface area contributed by atoms with Gasteiger partial charge in [-0.3, -0.25) is 9.69 Å². The van der Waals surface area contributed by atoms with E-state index in [1.54, 1.807) is 16.9 Å². The third kappa shape index (κ3) is 6.14. The summed E-state index contributed by atoms with van der Waals surface area (Å²) in [7, 11) is 0. The van der Waals surface area contributed by atoms with Crippen molar-refractivity contribution >= 4 is 23.3 Å². The Kier molecular flexibility index (Phi) is 7.57. The highest BCUT2D eigenvalue weighted by Gasteiger charge is 2.22. The molecule has 2 aliphatic heterocycles. The number of aromatic nitrogens is 6. The van der Waals surface area contributed by atoms with Crippen LogP contribution in [0.25, 0.3) is 5.65 Å². The van der Waals surface area contributed by atoms with Gasteiger partial charge in [-0.05, 0) is 36.6 Å². The maximum absolute atomic E-state index is 12.8. The standard InChI is InChI=1S/C28H34N10O/c39-27(31-23-11-15-35(16-12-23)21-22-5-2-1-3-6-22)10-9-25-33-32-24-7-8-26(34-38(24)25)36-17-19-37(20-18-36)28-29-13-4-14-30-28/h1-8,13-14,23H,9-12,15-21H2,(H,31,39). The van der Waals surface area contributed by atoms with Crippen molar-refractivity contribution in [1.29, 1.82) is 0 Å². The molecule has 2 fully saturated rings. The van der Waals surface area contributed by atoms with E-state index in [4.69, 9.17) is 5.10 Å². The predicted octanol–water partition coefficient (Wildman–Crippen LogP) is 1.95. The summed E-state index contributed by atoms with van der Waals surface area (Å²) in [6.07, 6.45) is 6.35. The highest BCUT2D eigenvalue weighted by atomic mass is 16.1. The van der Waals surface area contributed by atoms with Crippen LogP contribution < -0.4 is 15.1 Å². The SMILES string of the molecule is O=C(CCc1nnc2ccc(N3CCN(c4ncccn4)CC3)nn12)NC1CCN(Cc2ccccc2)CC1. The van der Waals surface area contributed by atoms with Gasteiger partial charge in [0, 0.05) is 77.1 Å². The van der Waals surface area contributed by atoms with Gasteiger partial charge in [-0.2, -0.15) is 4.52 Å². The molecule has 5 heterocycles. The molecule has 0 bridgehead atoms. The Morgan fingerprint density at radius 3 is 2.36 bits per heavy atom. The summed E-state index contributed by atoms with van der Waals surface area (Å²) < 4.78 is 1.78. The second kappa shape index (κ2) is 11.7. The van der Waals surface area contributed by atoms with Crippen molar-refractivity contribution in [3.05, 3.63) is 72.3 Å². The normalized spacial score (nSPS) is 17.0. The zero-order valence-electron chi connectivity index (χ0n) is 22.1. The van der Waals surface area contributed by atoms with Gasteiger partial charge in [-0.25, -0.2) is 9.97 Å². The summed E-state index contributed by atoms with van der Waals surface area (Å²) in [5.41, 5.74) is 2.03. The van der Waals surface area contributed by atoms with Crippen LogP contribution in [0.15, 0.2) is 60.9 Å². The zero-order chi connectivity index (χ0) is 26.4. The zero-order valence-corrected chi connectivity index (χ0v) is 22.1. The third-order valence-electron chi connectivity index (χ3n) is 7.53. The average Bonchev–Trinajstić information content (AvgIpc) is 3.40. The molecule has 0 unspecified atom stereocenters. The molecule has 0 aliphatic carbocycles. The number of hydrogen-bond donors (Lipinski definition) is 1. The first-order chi connectivity index (χ1) is 19.2. The van der Waals surface area contributed by atoms with Crippen molar-refractivity contribution in [3.63, 3.8) is 0 Å². The van der Waals surface area contributed by atoms with E-state index in [-0.39, 0.29) is 11.9 Å². The molecule has 0 radical (unpaired) electrons. The van der Waals surface area contributed by atoms with Crippen molar-refractivity contribution in [2.75, 3.05) is 49.1 Å².